The molecular formula is C25H35N3O3. The van der Waals surface area contributed by atoms with Crippen LogP contribution in [0.2, 0.25) is 0 Å². The third kappa shape index (κ3) is 6.18. The van der Waals surface area contributed by atoms with E-state index >= 15 is 0 Å². The molecule has 1 aliphatic rings. The van der Waals surface area contributed by atoms with E-state index in [0.717, 1.165) is 44.1 Å². The van der Waals surface area contributed by atoms with E-state index in [2.05, 4.69) is 24.3 Å². The normalized spacial score (nSPS) is 14.6. The van der Waals surface area contributed by atoms with Crippen molar-refractivity contribution in [3.8, 4) is 0 Å². The predicted octanol–water partition coefficient (Wildman–Crippen LogP) is 5.01. The molecule has 6 heteroatoms. The van der Waals surface area contributed by atoms with Gasteiger partial charge < -0.3 is 14.7 Å². The minimum atomic E-state index is -0.275. The number of carbonyl (C=O) groups is 2. The van der Waals surface area contributed by atoms with Crippen LogP contribution in [-0.2, 0) is 17.9 Å². The summed E-state index contributed by atoms with van der Waals surface area (Å²) in [4.78, 5) is 27.7. The van der Waals surface area contributed by atoms with E-state index in [-0.39, 0.29) is 29.5 Å². The van der Waals surface area contributed by atoms with Crippen LogP contribution in [0.25, 0.3) is 0 Å². The van der Waals surface area contributed by atoms with E-state index in [4.69, 9.17) is 4.52 Å². The second kappa shape index (κ2) is 11.1. The molecule has 168 valence electrons. The fourth-order valence-electron chi connectivity index (χ4n) is 4.34. The summed E-state index contributed by atoms with van der Waals surface area (Å²) in [6.45, 7) is 7.05. The molecule has 0 spiro atoms. The van der Waals surface area contributed by atoms with E-state index in [0.29, 0.717) is 18.8 Å². The third-order valence-corrected chi connectivity index (χ3v) is 6.31. The molecular weight excluding hydrogens is 390 g/mol. The lowest BCUT2D eigenvalue weighted by molar-refractivity contribution is -0.140. The van der Waals surface area contributed by atoms with Crippen molar-refractivity contribution in [3.05, 3.63) is 52.9 Å². The topological polar surface area (TPSA) is 75.4 Å². The average Bonchev–Trinajstić information content (AvgIpc) is 3.27. The second-order valence-electron chi connectivity index (χ2n) is 8.62. The summed E-state index contributed by atoms with van der Waals surface area (Å²) in [6, 6.07) is 9.85. The van der Waals surface area contributed by atoms with E-state index in [1.54, 1.807) is 6.07 Å². The first-order chi connectivity index (χ1) is 15.0. The van der Waals surface area contributed by atoms with Crippen LogP contribution in [-0.4, -0.2) is 27.9 Å². The number of rotatable bonds is 9. The highest BCUT2D eigenvalue weighted by Crippen LogP contribution is 2.28. The zero-order chi connectivity index (χ0) is 22.2. The van der Waals surface area contributed by atoms with Gasteiger partial charge in [0.25, 0.3) is 5.91 Å². The Bertz CT molecular complexity index is 849. The number of nitrogens with zero attached hydrogens (tertiary/aromatic N) is 2. The van der Waals surface area contributed by atoms with Gasteiger partial charge in [0.2, 0.25) is 5.91 Å². The molecule has 1 heterocycles. The summed E-state index contributed by atoms with van der Waals surface area (Å²) < 4.78 is 5.46. The minimum Gasteiger partial charge on any atom is -0.359 e. The van der Waals surface area contributed by atoms with Crippen LogP contribution in [0.1, 0.15) is 86.2 Å². The highest BCUT2D eigenvalue weighted by Gasteiger charge is 2.30. The van der Waals surface area contributed by atoms with E-state index in [9.17, 15) is 9.59 Å². The summed E-state index contributed by atoms with van der Waals surface area (Å²) in [6.07, 6.45) is 7.20. The molecule has 0 bridgehead atoms. The summed E-state index contributed by atoms with van der Waals surface area (Å²) in [5.74, 6) is 0.601. The van der Waals surface area contributed by atoms with Crippen molar-refractivity contribution in [2.45, 2.75) is 84.8 Å². The van der Waals surface area contributed by atoms with Crippen molar-refractivity contribution in [2.75, 3.05) is 0 Å². The number of carbonyl (C=O) groups excluding carboxylic acids is 2. The van der Waals surface area contributed by atoms with Gasteiger partial charge in [0.05, 0.1) is 6.54 Å². The van der Waals surface area contributed by atoms with Gasteiger partial charge in [-0.1, -0.05) is 68.1 Å². The first-order valence-electron chi connectivity index (χ1n) is 11.6. The van der Waals surface area contributed by atoms with E-state index in [1.807, 2.05) is 36.1 Å². The van der Waals surface area contributed by atoms with Crippen LogP contribution in [0.15, 0.2) is 34.9 Å². The fraction of sp³-hybridized carbons (Fsp3) is 0.560. The Morgan fingerprint density at radius 3 is 2.45 bits per heavy atom. The Morgan fingerprint density at radius 1 is 1.13 bits per heavy atom. The maximum atomic E-state index is 13.3. The van der Waals surface area contributed by atoms with Crippen LogP contribution >= 0.6 is 0 Å². The first kappa shape index (κ1) is 23.0. The number of aryl methyl sites for hydroxylation is 1. The van der Waals surface area contributed by atoms with Gasteiger partial charge in [-0.2, -0.15) is 0 Å². The summed E-state index contributed by atoms with van der Waals surface area (Å²) in [5, 5.41) is 6.83. The molecule has 0 saturated heterocycles. The molecule has 1 saturated carbocycles. The Labute approximate surface area is 185 Å². The van der Waals surface area contributed by atoms with Crippen molar-refractivity contribution in [1.29, 1.82) is 0 Å². The van der Waals surface area contributed by atoms with Crippen LogP contribution in [0.3, 0.4) is 0 Å². The van der Waals surface area contributed by atoms with Gasteiger partial charge in [-0.15, -0.1) is 0 Å². The molecule has 0 radical (unpaired) electrons. The number of benzene rings is 1. The molecule has 1 fully saturated rings. The van der Waals surface area contributed by atoms with Crippen molar-refractivity contribution in [2.24, 2.45) is 5.92 Å². The molecule has 0 unspecified atom stereocenters. The quantitative estimate of drug-likeness (QED) is 0.613. The van der Waals surface area contributed by atoms with E-state index in [1.165, 1.54) is 12.0 Å². The number of hydrogen-bond acceptors (Lipinski definition) is 4. The zero-order valence-corrected chi connectivity index (χ0v) is 19.0. The zero-order valence-electron chi connectivity index (χ0n) is 19.0. The molecule has 0 aliphatic heterocycles. The van der Waals surface area contributed by atoms with Crippen molar-refractivity contribution >= 4 is 11.8 Å². The Balaban J connectivity index is 1.64. The lowest BCUT2D eigenvalue weighted by Crippen LogP contribution is -2.43. The monoisotopic (exact) mass is 425 g/mol. The molecule has 1 aromatic heterocycles. The van der Waals surface area contributed by atoms with Gasteiger partial charge in [0.1, 0.15) is 0 Å². The number of nitrogens with one attached hydrogen (secondary N) is 1. The van der Waals surface area contributed by atoms with Gasteiger partial charge in [-0.3, -0.25) is 9.59 Å². The van der Waals surface area contributed by atoms with Gasteiger partial charge in [0.15, 0.2) is 11.5 Å². The molecule has 1 aliphatic carbocycles. The molecule has 1 aromatic carbocycles. The van der Waals surface area contributed by atoms with Crippen molar-refractivity contribution in [1.82, 2.24) is 15.4 Å². The molecule has 1 N–H and O–H groups in total. The van der Waals surface area contributed by atoms with Crippen LogP contribution in [0, 0.1) is 12.8 Å². The van der Waals surface area contributed by atoms with Gasteiger partial charge in [0, 0.05) is 24.6 Å². The Kier molecular flexibility index (Phi) is 8.27. The highest BCUT2D eigenvalue weighted by atomic mass is 16.5. The van der Waals surface area contributed by atoms with Crippen molar-refractivity contribution in [3.63, 3.8) is 0 Å². The summed E-state index contributed by atoms with van der Waals surface area (Å²) in [5.41, 5.74) is 2.46. The van der Waals surface area contributed by atoms with Crippen molar-refractivity contribution < 1.29 is 14.1 Å². The molecule has 6 nitrogen and oxygen atoms in total. The maximum Gasteiger partial charge on any atom is 0.273 e. The average molecular weight is 426 g/mol. The molecule has 2 aromatic rings. The fourth-order valence-corrected chi connectivity index (χ4v) is 4.34. The number of hydrogen-bond donors (Lipinski definition) is 1. The van der Waals surface area contributed by atoms with Crippen LogP contribution < -0.4 is 5.32 Å². The largest absolute Gasteiger partial charge is 0.359 e. The molecule has 31 heavy (non-hydrogen) atoms. The van der Waals surface area contributed by atoms with E-state index < -0.39 is 0 Å². The summed E-state index contributed by atoms with van der Waals surface area (Å²) >= 11 is 0. The minimum absolute atomic E-state index is 0.106. The number of aromatic nitrogens is 1. The van der Waals surface area contributed by atoms with Gasteiger partial charge >= 0.3 is 0 Å². The van der Waals surface area contributed by atoms with Crippen LogP contribution in [0.4, 0.5) is 0 Å². The van der Waals surface area contributed by atoms with Gasteiger partial charge in [-0.25, -0.2) is 0 Å². The Morgan fingerprint density at radius 2 is 1.81 bits per heavy atom. The first-order valence-corrected chi connectivity index (χ1v) is 11.6. The molecule has 3 rings (SSSR count). The predicted molar refractivity (Wildman–Crippen MR) is 120 cm³/mol. The number of amides is 2. The van der Waals surface area contributed by atoms with Crippen LogP contribution in [0.5, 0.6) is 0 Å². The molecule has 2 amide bonds. The summed E-state index contributed by atoms with van der Waals surface area (Å²) in [7, 11) is 0. The lowest BCUT2D eigenvalue weighted by atomic mass is 9.87. The van der Waals surface area contributed by atoms with Gasteiger partial charge in [-0.05, 0) is 38.2 Å². The lowest BCUT2D eigenvalue weighted by Gasteiger charge is -2.34. The second-order valence-corrected chi connectivity index (χ2v) is 8.62. The maximum absolute atomic E-state index is 13.3. The SMILES string of the molecule is CCC(CC)N(Cc1cc(C(=O)NCc2ccc(C)cc2)no1)C(=O)C1CCCCC1. The standard InChI is InChI=1S/C25H35N3O3/c1-4-21(5-2)28(25(30)20-9-7-6-8-10-20)17-22-15-23(27-31-22)24(29)26-16-19-13-11-18(3)12-14-19/h11-15,20-21H,4-10,16-17H2,1-3H3,(H,26,29). The molecule has 0 atom stereocenters. The Hall–Kier alpha value is -2.63. The third-order valence-electron chi connectivity index (χ3n) is 6.31. The smallest absolute Gasteiger partial charge is 0.273 e. The highest BCUT2D eigenvalue weighted by molar-refractivity contribution is 5.92.